The minimum Gasteiger partial charge on any atom is -0.493 e. The number of rotatable bonds is 2. The lowest BCUT2D eigenvalue weighted by Gasteiger charge is -2.36. The van der Waals surface area contributed by atoms with Gasteiger partial charge in [-0.3, -0.25) is 0 Å². The van der Waals surface area contributed by atoms with E-state index >= 15 is 0 Å². The zero-order valence-electron chi connectivity index (χ0n) is 14.2. The highest BCUT2D eigenvalue weighted by Gasteiger charge is 2.52. The SMILES string of the molecule is COc1ccc2c(c1OC)Sc1ccccc1C21OC(C)C(C)O1. The normalized spacial score (nSPS) is 27.7. The molecule has 4 rings (SSSR count). The Hall–Kier alpha value is -1.69. The van der Waals surface area contributed by atoms with Gasteiger partial charge < -0.3 is 18.9 Å². The summed E-state index contributed by atoms with van der Waals surface area (Å²) < 4.78 is 23.9. The summed E-state index contributed by atoms with van der Waals surface area (Å²) in [5.74, 6) is 0.529. The second kappa shape index (κ2) is 5.69. The van der Waals surface area contributed by atoms with Crippen LogP contribution in [0.5, 0.6) is 11.5 Å². The minimum absolute atomic E-state index is 0.00195. The topological polar surface area (TPSA) is 36.9 Å². The van der Waals surface area contributed by atoms with E-state index < -0.39 is 5.79 Å². The lowest BCUT2D eigenvalue weighted by molar-refractivity contribution is -0.152. The molecule has 2 aromatic carbocycles. The van der Waals surface area contributed by atoms with Gasteiger partial charge in [-0.25, -0.2) is 0 Å². The summed E-state index contributed by atoms with van der Waals surface area (Å²) in [7, 11) is 3.31. The fourth-order valence-corrected chi connectivity index (χ4v) is 4.61. The quantitative estimate of drug-likeness (QED) is 0.816. The third-order valence-corrected chi connectivity index (χ3v) is 5.86. The van der Waals surface area contributed by atoms with Crippen molar-refractivity contribution in [3.05, 3.63) is 47.5 Å². The van der Waals surface area contributed by atoms with Crippen molar-refractivity contribution < 1.29 is 18.9 Å². The van der Waals surface area contributed by atoms with E-state index in [4.69, 9.17) is 18.9 Å². The highest BCUT2D eigenvalue weighted by molar-refractivity contribution is 7.99. The van der Waals surface area contributed by atoms with Crippen LogP contribution in [0.1, 0.15) is 25.0 Å². The molecule has 5 heteroatoms. The number of hydrogen-bond acceptors (Lipinski definition) is 5. The number of ether oxygens (including phenoxy) is 4. The van der Waals surface area contributed by atoms with Crippen LogP contribution in [0.2, 0.25) is 0 Å². The summed E-state index contributed by atoms with van der Waals surface area (Å²) in [6.45, 7) is 4.09. The first-order valence-corrected chi connectivity index (χ1v) is 8.81. The van der Waals surface area contributed by atoms with Gasteiger partial charge in [0, 0.05) is 16.0 Å². The summed E-state index contributed by atoms with van der Waals surface area (Å²) in [5.41, 5.74) is 2.02. The van der Waals surface area contributed by atoms with Crippen LogP contribution in [0, 0.1) is 0 Å². The number of fused-ring (bicyclic) bond motifs is 4. The average Bonchev–Trinajstić information content (AvgIpc) is 2.89. The largest absolute Gasteiger partial charge is 0.493 e. The van der Waals surface area contributed by atoms with Gasteiger partial charge in [-0.2, -0.15) is 0 Å². The van der Waals surface area contributed by atoms with E-state index in [0.29, 0.717) is 11.5 Å². The second-order valence-corrected chi connectivity index (χ2v) is 7.09. The smallest absolute Gasteiger partial charge is 0.225 e. The van der Waals surface area contributed by atoms with E-state index in [9.17, 15) is 0 Å². The Morgan fingerprint density at radius 3 is 2.29 bits per heavy atom. The van der Waals surface area contributed by atoms with Crippen molar-refractivity contribution in [2.75, 3.05) is 14.2 Å². The zero-order chi connectivity index (χ0) is 16.9. The van der Waals surface area contributed by atoms with Crippen molar-refractivity contribution in [1.82, 2.24) is 0 Å². The van der Waals surface area contributed by atoms with Gasteiger partial charge in [0.15, 0.2) is 11.5 Å². The highest BCUT2D eigenvalue weighted by atomic mass is 32.2. The Bertz CT molecular complexity index is 779. The highest BCUT2D eigenvalue weighted by Crippen LogP contribution is 2.57. The second-order valence-electron chi connectivity index (χ2n) is 6.04. The van der Waals surface area contributed by atoms with Crippen LogP contribution in [0.15, 0.2) is 46.2 Å². The Kier molecular flexibility index (Phi) is 3.75. The molecule has 2 aromatic rings. The van der Waals surface area contributed by atoms with E-state index in [1.807, 2.05) is 38.1 Å². The van der Waals surface area contributed by atoms with Crippen molar-refractivity contribution >= 4 is 11.8 Å². The van der Waals surface area contributed by atoms with Crippen LogP contribution >= 0.6 is 11.8 Å². The first kappa shape index (κ1) is 15.8. The van der Waals surface area contributed by atoms with Crippen molar-refractivity contribution in [3.63, 3.8) is 0 Å². The molecule has 0 bridgehead atoms. The van der Waals surface area contributed by atoms with Crippen LogP contribution in [-0.4, -0.2) is 26.4 Å². The van der Waals surface area contributed by atoms with Crippen LogP contribution in [0.3, 0.4) is 0 Å². The molecule has 2 aliphatic heterocycles. The summed E-state index contributed by atoms with van der Waals surface area (Å²) in [6, 6.07) is 12.1. The first-order chi connectivity index (χ1) is 11.6. The molecular weight excluding hydrogens is 324 g/mol. The fourth-order valence-electron chi connectivity index (χ4n) is 3.34. The molecule has 4 nitrogen and oxygen atoms in total. The van der Waals surface area contributed by atoms with E-state index in [1.165, 1.54) is 0 Å². The molecule has 2 aliphatic rings. The van der Waals surface area contributed by atoms with Gasteiger partial charge in [-0.05, 0) is 32.0 Å². The summed E-state index contributed by atoms with van der Waals surface area (Å²) >= 11 is 1.66. The Morgan fingerprint density at radius 1 is 0.917 bits per heavy atom. The summed E-state index contributed by atoms with van der Waals surface area (Å²) in [5, 5.41) is 0. The molecule has 0 aliphatic carbocycles. The maximum atomic E-state index is 6.40. The molecule has 0 aromatic heterocycles. The number of benzene rings is 2. The maximum Gasteiger partial charge on any atom is 0.225 e. The van der Waals surface area contributed by atoms with Gasteiger partial charge in [0.25, 0.3) is 0 Å². The molecule has 1 spiro atoms. The standard InChI is InChI=1S/C19H20O4S/c1-11-12(2)23-19(22-11)13-7-5-6-8-16(13)24-18-14(19)9-10-15(20-3)17(18)21-4/h5-12H,1-4H3. The molecule has 0 amide bonds. The minimum atomic E-state index is -0.893. The monoisotopic (exact) mass is 344 g/mol. The lowest BCUT2D eigenvalue weighted by Crippen LogP contribution is -2.33. The van der Waals surface area contributed by atoms with Crippen LogP contribution in [0.4, 0.5) is 0 Å². The van der Waals surface area contributed by atoms with E-state index in [1.54, 1.807) is 26.0 Å². The molecule has 2 atom stereocenters. The molecule has 1 saturated heterocycles. The van der Waals surface area contributed by atoms with Crippen LogP contribution in [0.25, 0.3) is 0 Å². The van der Waals surface area contributed by atoms with E-state index in [-0.39, 0.29) is 12.2 Å². The van der Waals surface area contributed by atoms with Gasteiger partial charge in [0.05, 0.1) is 31.3 Å². The molecule has 2 unspecified atom stereocenters. The van der Waals surface area contributed by atoms with E-state index in [0.717, 1.165) is 20.9 Å². The van der Waals surface area contributed by atoms with Crippen LogP contribution < -0.4 is 9.47 Å². The Labute approximate surface area is 146 Å². The van der Waals surface area contributed by atoms with Crippen molar-refractivity contribution in [2.45, 2.75) is 41.6 Å². The van der Waals surface area contributed by atoms with Gasteiger partial charge in [-0.1, -0.05) is 30.0 Å². The predicted molar refractivity (Wildman–Crippen MR) is 92.0 cm³/mol. The fraction of sp³-hybridized carbons (Fsp3) is 0.368. The van der Waals surface area contributed by atoms with Crippen molar-refractivity contribution in [1.29, 1.82) is 0 Å². The van der Waals surface area contributed by atoms with Crippen molar-refractivity contribution in [3.8, 4) is 11.5 Å². The Balaban J connectivity index is 2.00. The van der Waals surface area contributed by atoms with Gasteiger partial charge in [0.1, 0.15) is 0 Å². The molecule has 24 heavy (non-hydrogen) atoms. The molecule has 0 radical (unpaired) electrons. The molecule has 1 fully saturated rings. The molecule has 126 valence electrons. The lowest BCUT2D eigenvalue weighted by atomic mass is 9.95. The predicted octanol–water partition coefficient (Wildman–Crippen LogP) is 4.19. The Morgan fingerprint density at radius 2 is 1.62 bits per heavy atom. The third-order valence-electron chi connectivity index (χ3n) is 4.67. The van der Waals surface area contributed by atoms with Crippen molar-refractivity contribution in [2.24, 2.45) is 0 Å². The number of methoxy groups -OCH3 is 2. The van der Waals surface area contributed by atoms with Gasteiger partial charge in [0.2, 0.25) is 5.79 Å². The molecule has 0 N–H and O–H groups in total. The molecular formula is C19H20O4S. The first-order valence-electron chi connectivity index (χ1n) is 7.99. The summed E-state index contributed by atoms with van der Waals surface area (Å²) in [4.78, 5) is 2.09. The average molecular weight is 344 g/mol. The summed E-state index contributed by atoms with van der Waals surface area (Å²) in [6.07, 6.45) is 0.00389. The maximum absolute atomic E-state index is 6.40. The van der Waals surface area contributed by atoms with E-state index in [2.05, 4.69) is 12.1 Å². The molecule has 2 heterocycles. The zero-order valence-corrected chi connectivity index (χ0v) is 15.0. The van der Waals surface area contributed by atoms with Gasteiger partial charge in [-0.15, -0.1) is 0 Å². The molecule has 0 saturated carbocycles. The van der Waals surface area contributed by atoms with Gasteiger partial charge >= 0.3 is 0 Å². The number of hydrogen-bond donors (Lipinski definition) is 0. The van der Waals surface area contributed by atoms with Crippen LogP contribution in [-0.2, 0) is 15.3 Å². The third kappa shape index (κ3) is 2.08.